The van der Waals surface area contributed by atoms with Crippen LogP contribution in [0.1, 0.15) is 12.8 Å². The molecule has 0 aromatic heterocycles. The third-order valence-electron chi connectivity index (χ3n) is 1.20. The maximum Gasteiger partial charge on any atom is 0.256 e. The molecule has 1 fully saturated rings. The number of rotatable bonds is 1. The van der Waals surface area contributed by atoms with E-state index in [1.807, 2.05) is 0 Å². The lowest BCUT2D eigenvalue weighted by molar-refractivity contribution is -0.131. The quantitative estimate of drug-likeness (QED) is 0.405. The lowest BCUT2D eigenvalue weighted by Gasteiger charge is -2.16. The first-order valence-corrected chi connectivity index (χ1v) is 4.92. The van der Waals surface area contributed by atoms with Gasteiger partial charge in [-0.25, -0.2) is 4.31 Å². The Labute approximate surface area is 88.4 Å². The van der Waals surface area contributed by atoms with Crippen molar-refractivity contribution in [3.8, 4) is 0 Å². The zero-order valence-electron chi connectivity index (χ0n) is 5.72. The molecule has 1 saturated heterocycles. The molecular formula is C5H4Cl3NO2S. The number of amides is 2. The van der Waals surface area contributed by atoms with Gasteiger partial charge in [-0.1, -0.05) is 34.8 Å². The van der Waals surface area contributed by atoms with Gasteiger partial charge in [0, 0.05) is 24.8 Å². The number of hydrogen-bond acceptors (Lipinski definition) is 3. The highest BCUT2D eigenvalue weighted by atomic mass is 35.6. The van der Waals surface area contributed by atoms with Gasteiger partial charge in [0.1, 0.15) is 0 Å². The van der Waals surface area contributed by atoms with Crippen LogP contribution in [-0.4, -0.2) is 19.2 Å². The molecule has 0 bridgehead atoms. The van der Waals surface area contributed by atoms with E-state index in [0.717, 1.165) is 4.31 Å². The maximum atomic E-state index is 11.0. The monoisotopic (exact) mass is 247 g/mol. The summed E-state index contributed by atoms with van der Waals surface area (Å²) in [7, 11) is 0. The van der Waals surface area contributed by atoms with E-state index in [0.29, 0.717) is 11.9 Å². The fourth-order valence-electron chi connectivity index (χ4n) is 0.761. The SMILES string of the molecule is O=C1CCC(=O)N1SC(Cl)(Cl)Cl. The molecule has 0 saturated carbocycles. The lowest BCUT2D eigenvalue weighted by atomic mass is 10.4. The Morgan fingerprint density at radius 1 is 1.17 bits per heavy atom. The molecule has 1 aliphatic heterocycles. The minimum atomic E-state index is -1.66. The number of alkyl halides is 3. The molecule has 0 N–H and O–H groups in total. The molecule has 0 aromatic carbocycles. The van der Waals surface area contributed by atoms with E-state index >= 15 is 0 Å². The highest BCUT2D eigenvalue weighted by Gasteiger charge is 2.36. The van der Waals surface area contributed by atoms with Crippen molar-refractivity contribution in [1.82, 2.24) is 4.31 Å². The molecule has 68 valence electrons. The first-order valence-electron chi connectivity index (χ1n) is 3.02. The van der Waals surface area contributed by atoms with E-state index < -0.39 is 3.12 Å². The summed E-state index contributed by atoms with van der Waals surface area (Å²) < 4.78 is -0.761. The van der Waals surface area contributed by atoms with Crippen molar-refractivity contribution in [1.29, 1.82) is 0 Å². The smallest absolute Gasteiger partial charge is 0.256 e. The largest absolute Gasteiger partial charge is 0.273 e. The Morgan fingerprint density at radius 2 is 1.58 bits per heavy atom. The molecular weight excluding hydrogens is 244 g/mol. The Hall–Kier alpha value is 0.360. The van der Waals surface area contributed by atoms with Crippen molar-refractivity contribution >= 4 is 58.6 Å². The highest BCUT2D eigenvalue weighted by molar-refractivity contribution is 8.03. The summed E-state index contributed by atoms with van der Waals surface area (Å²) in [6.07, 6.45) is 0.402. The second-order valence-corrected chi connectivity index (χ2v) is 6.23. The summed E-state index contributed by atoms with van der Waals surface area (Å²) in [5, 5.41) is 0. The van der Waals surface area contributed by atoms with Gasteiger partial charge < -0.3 is 0 Å². The van der Waals surface area contributed by atoms with Crippen molar-refractivity contribution in [2.45, 2.75) is 16.0 Å². The van der Waals surface area contributed by atoms with Crippen LogP contribution < -0.4 is 0 Å². The van der Waals surface area contributed by atoms with Crippen LogP contribution in [0.2, 0.25) is 0 Å². The fourth-order valence-corrected chi connectivity index (χ4v) is 1.98. The summed E-state index contributed by atoms with van der Waals surface area (Å²) in [5.41, 5.74) is 0. The third kappa shape index (κ3) is 2.69. The van der Waals surface area contributed by atoms with Gasteiger partial charge in [-0.2, -0.15) is 0 Å². The summed E-state index contributed by atoms with van der Waals surface area (Å²) >= 11 is 16.8. The number of halogens is 3. The van der Waals surface area contributed by atoms with Crippen LogP contribution in [0.25, 0.3) is 0 Å². The Balaban J connectivity index is 2.62. The van der Waals surface area contributed by atoms with Gasteiger partial charge in [0.2, 0.25) is 11.8 Å². The van der Waals surface area contributed by atoms with Crippen LogP contribution in [0, 0.1) is 0 Å². The normalized spacial score (nSPS) is 19.1. The van der Waals surface area contributed by atoms with E-state index in [4.69, 9.17) is 34.8 Å². The van der Waals surface area contributed by atoms with Gasteiger partial charge in [-0.15, -0.1) is 0 Å². The van der Waals surface area contributed by atoms with Crippen LogP contribution in [0.15, 0.2) is 0 Å². The minimum Gasteiger partial charge on any atom is -0.273 e. The zero-order valence-corrected chi connectivity index (χ0v) is 8.80. The predicted octanol–water partition coefficient (Wildman–Crippen LogP) is 2.11. The number of hydrogen-bond donors (Lipinski definition) is 0. The first kappa shape index (κ1) is 10.4. The van der Waals surface area contributed by atoms with E-state index in [-0.39, 0.29) is 24.7 Å². The molecule has 0 spiro atoms. The van der Waals surface area contributed by atoms with Crippen molar-refractivity contribution in [3.63, 3.8) is 0 Å². The number of carbonyl (C=O) groups excluding carboxylic acids is 2. The highest BCUT2D eigenvalue weighted by Crippen LogP contribution is 2.42. The first-order chi connectivity index (χ1) is 5.40. The third-order valence-corrected chi connectivity index (χ3v) is 2.62. The number of imide groups is 1. The van der Waals surface area contributed by atoms with Crippen molar-refractivity contribution in [3.05, 3.63) is 0 Å². The van der Waals surface area contributed by atoms with Crippen LogP contribution in [-0.2, 0) is 9.59 Å². The second-order valence-electron chi connectivity index (χ2n) is 2.12. The average Bonchev–Trinajstić information content (AvgIpc) is 2.16. The van der Waals surface area contributed by atoms with Gasteiger partial charge in [0.25, 0.3) is 3.12 Å². The predicted molar refractivity (Wildman–Crippen MR) is 49.0 cm³/mol. The van der Waals surface area contributed by atoms with E-state index in [9.17, 15) is 9.59 Å². The van der Waals surface area contributed by atoms with Gasteiger partial charge >= 0.3 is 0 Å². The topological polar surface area (TPSA) is 37.4 Å². The second kappa shape index (κ2) is 3.62. The van der Waals surface area contributed by atoms with Crippen molar-refractivity contribution in [2.75, 3.05) is 0 Å². The molecule has 0 aliphatic carbocycles. The molecule has 3 nitrogen and oxygen atoms in total. The summed E-state index contributed by atoms with van der Waals surface area (Å²) in [6.45, 7) is 0. The van der Waals surface area contributed by atoms with Crippen molar-refractivity contribution in [2.24, 2.45) is 0 Å². The summed E-state index contributed by atoms with van der Waals surface area (Å²) in [6, 6.07) is 0. The summed E-state index contributed by atoms with van der Waals surface area (Å²) in [4.78, 5) is 21.9. The van der Waals surface area contributed by atoms with Crippen LogP contribution in [0.4, 0.5) is 0 Å². The molecule has 12 heavy (non-hydrogen) atoms. The molecule has 0 aromatic rings. The number of nitrogens with zero attached hydrogens (tertiary/aromatic N) is 1. The molecule has 0 radical (unpaired) electrons. The molecule has 1 heterocycles. The molecule has 1 rings (SSSR count). The van der Waals surface area contributed by atoms with Crippen LogP contribution in [0.3, 0.4) is 0 Å². The standard InChI is InChI=1S/C5H4Cl3NO2S/c6-5(7,8)12-9-3(10)1-2-4(9)11/h1-2H2. The zero-order chi connectivity index (χ0) is 9.35. The van der Waals surface area contributed by atoms with Crippen LogP contribution >= 0.6 is 46.8 Å². The van der Waals surface area contributed by atoms with Crippen molar-refractivity contribution < 1.29 is 9.59 Å². The minimum absolute atomic E-state index is 0.201. The van der Waals surface area contributed by atoms with E-state index in [1.54, 1.807) is 0 Å². The molecule has 0 unspecified atom stereocenters. The maximum absolute atomic E-state index is 11.0. The van der Waals surface area contributed by atoms with E-state index in [2.05, 4.69) is 0 Å². The van der Waals surface area contributed by atoms with E-state index in [1.165, 1.54) is 0 Å². The Morgan fingerprint density at radius 3 is 1.92 bits per heavy atom. The molecule has 7 heteroatoms. The average molecular weight is 249 g/mol. The van der Waals surface area contributed by atoms with Gasteiger partial charge in [-0.05, 0) is 0 Å². The summed E-state index contributed by atoms with van der Waals surface area (Å²) in [5.74, 6) is -0.618. The Bertz CT molecular complexity index is 211. The Kier molecular flexibility index (Phi) is 3.15. The number of carbonyl (C=O) groups is 2. The van der Waals surface area contributed by atoms with Gasteiger partial charge in [0.15, 0.2) is 0 Å². The fraction of sp³-hybridized carbons (Fsp3) is 0.600. The molecule has 1 aliphatic rings. The molecule has 2 amide bonds. The van der Waals surface area contributed by atoms with Gasteiger partial charge in [-0.3, -0.25) is 9.59 Å². The lowest BCUT2D eigenvalue weighted by Crippen LogP contribution is -2.24. The van der Waals surface area contributed by atoms with Crippen LogP contribution in [0.5, 0.6) is 0 Å². The molecule has 0 atom stereocenters. The van der Waals surface area contributed by atoms with Gasteiger partial charge in [0.05, 0.1) is 0 Å².